The highest BCUT2D eigenvalue weighted by molar-refractivity contribution is 6.30. The lowest BCUT2D eigenvalue weighted by molar-refractivity contribution is -0.136. The Bertz CT molecular complexity index is 613. The molecule has 1 aromatic heterocycles. The van der Waals surface area contributed by atoms with Crippen LogP contribution < -0.4 is 4.90 Å². The van der Waals surface area contributed by atoms with Crippen LogP contribution in [0.2, 0.25) is 5.02 Å². The van der Waals surface area contributed by atoms with Gasteiger partial charge in [0.15, 0.2) is 0 Å². The molecule has 0 spiro atoms. The van der Waals surface area contributed by atoms with Crippen molar-refractivity contribution in [2.45, 2.75) is 12.8 Å². The topological polar surface area (TPSA) is 99.2 Å². The lowest BCUT2D eigenvalue weighted by Crippen LogP contribution is -2.35. The van der Waals surface area contributed by atoms with E-state index in [0.29, 0.717) is 5.02 Å². The summed E-state index contributed by atoms with van der Waals surface area (Å²) in [5.41, 5.74) is 0.782. The predicted molar refractivity (Wildman–Crippen MR) is 76.1 cm³/mol. The first-order valence-corrected chi connectivity index (χ1v) is 6.56. The van der Waals surface area contributed by atoms with Crippen molar-refractivity contribution >= 4 is 29.4 Å². The number of nitrogens with zero attached hydrogens (tertiary/aromatic N) is 3. The number of nitrogens with one attached hydrogen (secondary N) is 1. The minimum atomic E-state index is -0.987. The van der Waals surface area contributed by atoms with Gasteiger partial charge in [-0.05, 0) is 17.7 Å². The van der Waals surface area contributed by atoms with E-state index < -0.39 is 5.97 Å². The van der Waals surface area contributed by atoms with E-state index in [4.69, 9.17) is 16.7 Å². The van der Waals surface area contributed by atoms with Crippen molar-refractivity contribution in [2.75, 3.05) is 11.4 Å². The molecule has 2 N–H and O–H groups in total. The fourth-order valence-electron chi connectivity index (χ4n) is 1.76. The summed E-state index contributed by atoms with van der Waals surface area (Å²) in [6, 6.07) is 6.88. The summed E-state index contributed by atoms with van der Waals surface area (Å²) in [5.74, 6) is -1.02. The number of carboxylic acid groups (broad SMARTS) is 1. The molecular weight excluding hydrogens is 296 g/mol. The number of benzene rings is 1. The molecule has 0 aliphatic heterocycles. The Balaban J connectivity index is 2.10. The maximum Gasteiger partial charge on any atom is 0.305 e. The zero-order valence-electron chi connectivity index (χ0n) is 11.0. The number of H-pyrrole nitrogens is 1. The smallest absolute Gasteiger partial charge is 0.305 e. The normalized spacial score (nSPS) is 10.3. The molecule has 1 amide bonds. The number of aromatic nitrogens is 3. The molecule has 0 fully saturated rings. The Morgan fingerprint density at radius 3 is 2.57 bits per heavy atom. The Morgan fingerprint density at radius 2 is 2.00 bits per heavy atom. The molecule has 2 rings (SSSR count). The Labute approximate surface area is 125 Å². The van der Waals surface area contributed by atoms with Crippen molar-refractivity contribution in [3.63, 3.8) is 0 Å². The summed E-state index contributed by atoms with van der Waals surface area (Å²) >= 11 is 5.79. The van der Waals surface area contributed by atoms with Gasteiger partial charge in [-0.25, -0.2) is 5.10 Å². The SMILES string of the molecule is O=C(O)CCN(C(=O)Cc1ccc(Cl)cc1)c1ncn[nH]1. The van der Waals surface area contributed by atoms with Gasteiger partial charge >= 0.3 is 5.97 Å². The van der Waals surface area contributed by atoms with E-state index in [9.17, 15) is 9.59 Å². The lowest BCUT2D eigenvalue weighted by atomic mass is 10.1. The lowest BCUT2D eigenvalue weighted by Gasteiger charge is -2.18. The predicted octanol–water partition coefficient (Wildman–Crippen LogP) is 1.51. The third-order valence-electron chi connectivity index (χ3n) is 2.78. The average molecular weight is 309 g/mol. The number of carboxylic acids is 1. The fraction of sp³-hybridized carbons (Fsp3) is 0.231. The molecule has 0 atom stereocenters. The van der Waals surface area contributed by atoms with E-state index in [1.54, 1.807) is 24.3 Å². The van der Waals surface area contributed by atoms with Gasteiger partial charge in [-0.3, -0.25) is 14.5 Å². The van der Waals surface area contributed by atoms with Crippen LogP contribution >= 0.6 is 11.6 Å². The number of rotatable bonds is 6. The van der Waals surface area contributed by atoms with Gasteiger partial charge in [-0.15, -0.1) is 0 Å². The largest absolute Gasteiger partial charge is 0.481 e. The van der Waals surface area contributed by atoms with Crippen molar-refractivity contribution < 1.29 is 14.7 Å². The molecule has 0 aliphatic carbocycles. The highest BCUT2D eigenvalue weighted by atomic mass is 35.5. The first-order valence-electron chi connectivity index (χ1n) is 6.18. The minimum Gasteiger partial charge on any atom is -0.481 e. The number of amides is 1. The van der Waals surface area contributed by atoms with E-state index in [1.165, 1.54) is 11.2 Å². The van der Waals surface area contributed by atoms with Gasteiger partial charge < -0.3 is 5.11 Å². The van der Waals surface area contributed by atoms with Crippen LogP contribution in [0, 0.1) is 0 Å². The molecule has 0 aliphatic rings. The van der Waals surface area contributed by atoms with Gasteiger partial charge in [-0.2, -0.15) is 10.1 Å². The van der Waals surface area contributed by atoms with Gasteiger partial charge in [0, 0.05) is 11.6 Å². The zero-order chi connectivity index (χ0) is 15.2. The summed E-state index contributed by atoms with van der Waals surface area (Å²) in [4.78, 5) is 28.2. The second kappa shape index (κ2) is 6.85. The summed E-state index contributed by atoms with van der Waals surface area (Å²) in [5, 5.41) is 15.6. The Kier molecular flexibility index (Phi) is 4.89. The van der Waals surface area contributed by atoms with Crippen LogP contribution in [-0.4, -0.2) is 38.7 Å². The van der Waals surface area contributed by atoms with E-state index >= 15 is 0 Å². The molecule has 21 heavy (non-hydrogen) atoms. The highest BCUT2D eigenvalue weighted by Crippen LogP contribution is 2.13. The van der Waals surface area contributed by atoms with Crippen LogP contribution in [0.1, 0.15) is 12.0 Å². The van der Waals surface area contributed by atoms with Crippen LogP contribution in [0.15, 0.2) is 30.6 Å². The molecule has 0 saturated carbocycles. The van der Waals surface area contributed by atoms with Crippen molar-refractivity contribution in [3.05, 3.63) is 41.2 Å². The van der Waals surface area contributed by atoms with Gasteiger partial charge in [-0.1, -0.05) is 23.7 Å². The number of anilines is 1. The molecule has 1 heterocycles. The van der Waals surface area contributed by atoms with E-state index in [2.05, 4.69) is 15.2 Å². The third-order valence-corrected chi connectivity index (χ3v) is 3.03. The molecule has 0 saturated heterocycles. The molecule has 1 aromatic carbocycles. The van der Waals surface area contributed by atoms with Crippen LogP contribution in [0.3, 0.4) is 0 Å². The summed E-state index contributed by atoms with van der Waals surface area (Å²) in [6.07, 6.45) is 1.21. The number of hydrogen-bond donors (Lipinski definition) is 2. The molecule has 0 radical (unpaired) electrons. The number of aliphatic carboxylic acids is 1. The number of hydrogen-bond acceptors (Lipinski definition) is 4. The van der Waals surface area contributed by atoms with E-state index in [-0.39, 0.29) is 31.2 Å². The summed E-state index contributed by atoms with van der Waals surface area (Å²) in [7, 11) is 0. The van der Waals surface area contributed by atoms with Gasteiger partial charge in [0.25, 0.3) is 0 Å². The molecule has 7 nitrogen and oxygen atoms in total. The fourth-order valence-corrected chi connectivity index (χ4v) is 1.88. The van der Waals surface area contributed by atoms with Crippen molar-refractivity contribution in [1.82, 2.24) is 15.2 Å². The first kappa shape index (κ1) is 15.0. The molecule has 0 unspecified atom stereocenters. The Hall–Kier alpha value is -2.41. The van der Waals surface area contributed by atoms with Crippen LogP contribution in [0.4, 0.5) is 5.95 Å². The van der Waals surface area contributed by atoms with Crippen LogP contribution in [0.5, 0.6) is 0 Å². The molecule has 8 heteroatoms. The summed E-state index contributed by atoms with van der Waals surface area (Å²) < 4.78 is 0. The second-order valence-corrected chi connectivity index (χ2v) is 4.74. The average Bonchev–Trinajstić information content (AvgIpc) is 2.95. The summed E-state index contributed by atoms with van der Waals surface area (Å²) in [6.45, 7) is 0.0248. The van der Waals surface area contributed by atoms with Crippen LogP contribution in [0.25, 0.3) is 0 Å². The monoisotopic (exact) mass is 308 g/mol. The highest BCUT2D eigenvalue weighted by Gasteiger charge is 2.19. The van der Waals surface area contributed by atoms with E-state index in [0.717, 1.165) is 5.56 Å². The number of carbonyl (C=O) groups excluding carboxylic acids is 1. The van der Waals surface area contributed by atoms with Crippen molar-refractivity contribution in [1.29, 1.82) is 0 Å². The van der Waals surface area contributed by atoms with Gasteiger partial charge in [0.1, 0.15) is 6.33 Å². The third kappa shape index (κ3) is 4.28. The van der Waals surface area contributed by atoms with Gasteiger partial charge in [0.05, 0.1) is 12.8 Å². The number of halogens is 1. The quantitative estimate of drug-likeness (QED) is 0.842. The molecular formula is C13H13ClN4O3. The van der Waals surface area contributed by atoms with Crippen molar-refractivity contribution in [2.24, 2.45) is 0 Å². The maximum absolute atomic E-state index is 12.3. The zero-order valence-corrected chi connectivity index (χ0v) is 11.7. The standard InChI is InChI=1S/C13H13ClN4O3/c14-10-3-1-9(2-4-10)7-11(19)18(6-5-12(20)21)13-15-8-16-17-13/h1-4,8H,5-7H2,(H,20,21)(H,15,16,17). The van der Waals surface area contributed by atoms with E-state index in [1.807, 2.05) is 0 Å². The number of aromatic amines is 1. The number of carbonyl (C=O) groups is 2. The first-order chi connectivity index (χ1) is 10.1. The second-order valence-electron chi connectivity index (χ2n) is 4.30. The molecule has 2 aromatic rings. The van der Waals surface area contributed by atoms with Gasteiger partial charge in [0.2, 0.25) is 11.9 Å². The molecule has 0 bridgehead atoms. The maximum atomic E-state index is 12.3. The van der Waals surface area contributed by atoms with Crippen molar-refractivity contribution in [3.8, 4) is 0 Å². The molecule has 110 valence electrons. The minimum absolute atomic E-state index is 0.0248. The van der Waals surface area contributed by atoms with Crippen LogP contribution in [-0.2, 0) is 16.0 Å². The Morgan fingerprint density at radius 1 is 1.29 bits per heavy atom.